The molecule has 2 N–H and O–H groups in total. The number of nitrogens with one attached hydrogen (secondary N) is 1. The number of thioether (sulfide) groups is 1. The van der Waals surface area contributed by atoms with Gasteiger partial charge in [0.05, 0.1) is 37.9 Å². The molecule has 0 amide bonds. The van der Waals surface area contributed by atoms with Crippen molar-refractivity contribution in [2.45, 2.75) is 12.8 Å². The summed E-state index contributed by atoms with van der Waals surface area (Å²) in [4.78, 5) is 25.2. The van der Waals surface area contributed by atoms with E-state index in [9.17, 15) is 9.59 Å². The molecule has 1 aromatic carbocycles. The second-order valence-corrected chi connectivity index (χ2v) is 7.28. The van der Waals surface area contributed by atoms with Gasteiger partial charge in [0.1, 0.15) is 0 Å². The van der Waals surface area contributed by atoms with Crippen LogP contribution in [0, 0.1) is 0 Å². The molecule has 146 valence electrons. The number of hydrogen-bond donors (Lipinski definition) is 2. The van der Waals surface area contributed by atoms with E-state index in [2.05, 4.69) is 5.32 Å². The van der Waals surface area contributed by atoms with Crippen LogP contribution in [-0.4, -0.2) is 49.4 Å². The second kappa shape index (κ2) is 9.82. The summed E-state index contributed by atoms with van der Waals surface area (Å²) in [6, 6.07) is 7.05. The SMILES string of the molecule is COC(=O)C1=C(C)NC(CSCCO)=C(C(=O)OC)C1c1ccccc1Cl. The normalized spacial score (nSPS) is 16.9. The van der Waals surface area contributed by atoms with Crippen molar-refractivity contribution in [3.05, 3.63) is 57.4 Å². The predicted octanol–water partition coefficient (Wildman–Crippen LogP) is 2.63. The molecule has 0 aliphatic carbocycles. The number of methoxy groups -OCH3 is 2. The highest BCUT2D eigenvalue weighted by Crippen LogP contribution is 2.42. The maximum Gasteiger partial charge on any atom is 0.336 e. The van der Waals surface area contributed by atoms with E-state index < -0.39 is 17.9 Å². The molecule has 0 radical (unpaired) electrons. The van der Waals surface area contributed by atoms with Crippen molar-refractivity contribution in [3.8, 4) is 0 Å². The Hall–Kier alpha value is -1.96. The average Bonchev–Trinajstić information content (AvgIpc) is 2.67. The Balaban J connectivity index is 2.67. The number of rotatable bonds is 7. The summed E-state index contributed by atoms with van der Waals surface area (Å²) in [5.41, 5.74) is 2.43. The van der Waals surface area contributed by atoms with E-state index >= 15 is 0 Å². The van der Waals surface area contributed by atoms with Crippen LogP contribution in [0.1, 0.15) is 18.4 Å². The van der Waals surface area contributed by atoms with E-state index in [0.717, 1.165) is 0 Å². The summed E-state index contributed by atoms with van der Waals surface area (Å²) in [6.45, 7) is 1.78. The van der Waals surface area contributed by atoms with Gasteiger partial charge >= 0.3 is 11.9 Å². The van der Waals surface area contributed by atoms with E-state index in [1.807, 2.05) is 0 Å². The summed E-state index contributed by atoms with van der Waals surface area (Å²) in [6.07, 6.45) is 0. The third-order valence-electron chi connectivity index (χ3n) is 4.15. The summed E-state index contributed by atoms with van der Waals surface area (Å²) in [5, 5.41) is 12.6. The van der Waals surface area contributed by atoms with Crippen molar-refractivity contribution in [1.29, 1.82) is 0 Å². The van der Waals surface area contributed by atoms with Crippen LogP contribution in [0.3, 0.4) is 0 Å². The fourth-order valence-corrected chi connectivity index (χ4v) is 3.95. The van der Waals surface area contributed by atoms with Crippen LogP contribution in [0.5, 0.6) is 0 Å². The van der Waals surface area contributed by atoms with Crippen molar-refractivity contribution >= 4 is 35.3 Å². The van der Waals surface area contributed by atoms with Gasteiger partial charge in [-0.15, -0.1) is 0 Å². The van der Waals surface area contributed by atoms with Crippen LogP contribution < -0.4 is 5.32 Å². The topological polar surface area (TPSA) is 84.9 Å². The Morgan fingerprint density at radius 1 is 1.19 bits per heavy atom. The van der Waals surface area contributed by atoms with Gasteiger partial charge in [0, 0.05) is 27.9 Å². The number of ether oxygens (including phenoxy) is 2. The van der Waals surface area contributed by atoms with Crippen molar-refractivity contribution in [2.75, 3.05) is 32.3 Å². The number of carbonyl (C=O) groups is 2. The monoisotopic (exact) mass is 411 g/mol. The molecular weight excluding hydrogens is 390 g/mol. The number of carbonyl (C=O) groups excluding carboxylic acids is 2. The Labute approximate surface area is 167 Å². The minimum Gasteiger partial charge on any atom is -0.466 e. The van der Waals surface area contributed by atoms with Crippen molar-refractivity contribution < 1.29 is 24.2 Å². The lowest BCUT2D eigenvalue weighted by Gasteiger charge is -2.31. The highest BCUT2D eigenvalue weighted by molar-refractivity contribution is 7.99. The zero-order valence-corrected chi connectivity index (χ0v) is 16.9. The molecule has 0 fully saturated rings. The molecule has 1 unspecified atom stereocenters. The minimum atomic E-state index is -0.718. The fourth-order valence-electron chi connectivity index (χ4n) is 3.00. The lowest BCUT2D eigenvalue weighted by molar-refractivity contribution is -0.137. The van der Waals surface area contributed by atoms with Crippen LogP contribution in [-0.2, 0) is 19.1 Å². The zero-order valence-electron chi connectivity index (χ0n) is 15.4. The maximum absolute atomic E-state index is 12.7. The molecular formula is C19H22ClNO5S. The number of esters is 2. The quantitative estimate of drug-likeness (QED) is 0.527. The summed E-state index contributed by atoms with van der Waals surface area (Å²) >= 11 is 7.86. The first-order chi connectivity index (χ1) is 13.0. The van der Waals surface area contributed by atoms with Crippen molar-refractivity contribution in [3.63, 3.8) is 0 Å². The summed E-state index contributed by atoms with van der Waals surface area (Å²) < 4.78 is 9.96. The molecule has 1 aliphatic rings. The highest BCUT2D eigenvalue weighted by Gasteiger charge is 2.39. The molecule has 1 heterocycles. The standard InChI is InChI=1S/C19H22ClNO5S/c1-11-15(18(23)25-2)16(12-6-4-5-7-13(12)20)17(19(24)26-3)14(21-11)10-27-9-8-22/h4-7,16,21-22H,8-10H2,1-3H3. The molecule has 0 saturated heterocycles. The van der Waals surface area contributed by atoms with E-state index in [0.29, 0.717) is 44.6 Å². The highest BCUT2D eigenvalue weighted by atomic mass is 35.5. The van der Waals surface area contributed by atoms with Crippen LogP contribution in [0.25, 0.3) is 0 Å². The molecule has 0 spiro atoms. The van der Waals surface area contributed by atoms with Gasteiger partial charge in [-0.1, -0.05) is 29.8 Å². The Kier molecular flexibility index (Phi) is 7.77. The van der Waals surface area contributed by atoms with Gasteiger partial charge < -0.3 is 19.9 Å². The van der Waals surface area contributed by atoms with Gasteiger partial charge in [-0.05, 0) is 18.6 Å². The van der Waals surface area contributed by atoms with E-state index in [1.54, 1.807) is 31.2 Å². The van der Waals surface area contributed by atoms with Crippen molar-refractivity contribution in [2.24, 2.45) is 0 Å². The molecule has 8 heteroatoms. The van der Waals surface area contributed by atoms with E-state index in [1.165, 1.54) is 26.0 Å². The van der Waals surface area contributed by atoms with Crippen LogP contribution in [0.4, 0.5) is 0 Å². The van der Waals surface area contributed by atoms with E-state index in [4.69, 9.17) is 26.2 Å². The number of allylic oxidation sites excluding steroid dienone is 1. The van der Waals surface area contributed by atoms with Crippen LogP contribution >= 0.6 is 23.4 Å². The van der Waals surface area contributed by atoms with Gasteiger partial charge in [0.2, 0.25) is 0 Å². The molecule has 2 rings (SSSR count). The third-order valence-corrected chi connectivity index (χ3v) is 5.46. The fraction of sp³-hybridized carbons (Fsp3) is 0.368. The molecule has 27 heavy (non-hydrogen) atoms. The first-order valence-electron chi connectivity index (χ1n) is 8.26. The molecule has 1 aliphatic heterocycles. The molecule has 1 atom stereocenters. The van der Waals surface area contributed by atoms with Gasteiger partial charge in [0.25, 0.3) is 0 Å². The number of hydrogen-bond acceptors (Lipinski definition) is 7. The number of benzene rings is 1. The average molecular weight is 412 g/mol. The summed E-state index contributed by atoms with van der Waals surface area (Å²) in [5.74, 6) is -0.861. The first-order valence-corrected chi connectivity index (χ1v) is 9.80. The van der Waals surface area contributed by atoms with Crippen molar-refractivity contribution in [1.82, 2.24) is 5.32 Å². The molecule has 6 nitrogen and oxygen atoms in total. The Morgan fingerprint density at radius 3 is 2.41 bits per heavy atom. The van der Waals surface area contributed by atoms with Crippen LogP contribution in [0.15, 0.2) is 46.8 Å². The van der Waals surface area contributed by atoms with Gasteiger partial charge in [-0.2, -0.15) is 11.8 Å². The summed E-state index contributed by atoms with van der Waals surface area (Å²) in [7, 11) is 2.58. The third kappa shape index (κ3) is 4.66. The Bertz CT molecular complexity index is 790. The number of aliphatic hydroxyl groups excluding tert-OH is 1. The van der Waals surface area contributed by atoms with Crippen LogP contribution in [0.2, 0.25) is 5.02 Å². The smallest absolute Gasteiger partial charge is 0.336 e. The number of dihydropyridines is 1. The van der Waals surface area contributed by atoms with Gasteiger partial charge in [-0.25, -0.2) is 9.59 Å². The number of halogens is 1. The minimum absolute atomic E-state index is 0.0294. The predicted molar refractivity (Wildman–Crippen MR) is 105 cm³/mol. The molecule has 0 aromatic heterocycles. The molecule has 1 aromatic rings. The maximum atomic E-state index is 12.7. The zero-order chi connectivity index (χ0) is 20.0. The number of aliphatic hydroxyl groups is 1. The molecule has 0 bridgehead atoms. The van der Waals surface area contributed by atoms with Gasteiger partial charge in [0.15, 0.2) is 0 Å². The van der Waals surface area contributed by atoms with E-state index in [-0.39, 0.29) is 6.61 Å². The lowest BCUT2D eigenvalue weighted by Crippen LogP contribution is -2.33. The second-order valence-electron chi connectivity index (χ2n) is 5.77. The first kappa shape index (κ1) is 21.3. The van der Waals surface area contributed by atoms with Gasteiger partial charge in [-0.3, -0.25) is 0 Å². The lowest BCUT2D eigenvalue weighted by atomic mass is 9.80. The Morgan fingerprint density at radius 2 is 1.81 bits per heavy atom. The largest absolute Gasteiger partial charge is 0.466 e. The molecule has 0 saturated carbocycles.